The first kappa shape index (κ1) is 15.5. The molecule has 1 aromatic heterocycles. The van der Waals surface area contributed by atoms with E-state index in [1.165, 1.54) is 44.3 Å². The summed E-state index contributed by atoms with van der Waals surface area (Å²) in [7, 11) is 0. The number of nitrogens with zero attached hydrogens (tertiary/aromatic N) is 3. The van der Waals surface area contributed by atoms with Crippen molar-refractivity contribution in [2.45, 2.75) is 58.5 Å². The minimum Gasteiger partial charge on any atom is -0.311 e. The standard InChI is InChI=1S/C16H30N4/c1-3-19(4-2)12-7-11-17-14-15-10-13-20(18-15)16-8-5-6-9-16/h10,13,16-17H,3-9,11-12,14H2,1-2H3. The van der Waals surface area contributed by atoms with Crippen LogP contribution >= 0.6 is 0 Å². The lowest BCUT2D eigenvalue weighted by Gasteiger charge is -2.17. The minimum atomic E-state index is 0.659. The molecule has 4 nitrogen and oxygen atoms in total. The maximum Gasteiger partial charge on any atom is 0.0762 e. The first-order valence-corrected chi connectivity index (χ1v) is 8.30. The summed E-state index contributed by atoms with van der Waals surface area (Å²) in [5.41, 5.74) is 1.18. The fourth-order valence-corrected chi connectivity index (χ4v) is 3.03. The molecule has 1 aliphatic carbocycles. The molecule has 0 saturated heterocycles. The van der Waals surface area contributed by atoms with Crippen LogP contribution in [0.1, 0.15) is 57.7 Å². The van der Waals surface area contributed by atoms with Crippen molar-refractivity contribution in [1.29, 1.82) is 0 Å². The molecule has 1 N–H and O–H groups in total. The maximum atomic E-state index is 4.70. The summed E-state index contributed by atoms with van der Waals surface area (Å²) in [5.74, 6) is 0. The molecular formula is C16H30N4. The molecular weight excluding hydrogens is 248 g/mol. The van der Waals surface area contributed by atoms with E-state index in [0.29, 0.717) is 6.04 Å². The van der Waals surface area contributed by atoms with E-state index in [4.69, 9.17) is 5.10 Å². The highest BCUT2D eigenvalue weighted by molar-refractivity contribution is 4.99. The lowest BCUT2D eigenvalue weighted by molar-refractivity contribution is 0.298. The molecule has 0 radical (unpaired) electrons. The van der Waals surface area contributed by atoms with E-state index < -0.39 is 0 Å². The number of hydrogen-bond acceptors (Lipinski definition) is 3. The first-order valence-electron chi connectivity index (χ1n) is 8.30. The smallest absolute Gasteiger partial charge is 0.0762 e. The van der Waals surface area contributed by atoms with E-state index in [1.54, 1.807) is 0 Å². The highest BCUT2D eigenvalue weighted by atomic mass is 15.3. The Kier molecular flexibility index (Phi) is 6.54. The summed E-state index contributed by atoms with van der Waals surface area (Å²) in [6.07, 6.45) is 8.71. The molecule has 0 aromatic carbocycles. The number of rotatable bonds is 9. The molecule has 0 unspecified atom stereocenters. The van der Waals surface area contributed by atoms with Gasteiger partial charge in [-0.3, -0.25) is 4.68 Å². The summed E-state index contributed by atoms with van der Waals surface area (Å²) in [6.45, 7) is 9.94. The average Bonchev–Trinajstić information content (AvgIpc) is 3.13. The van der Waals surface area contributed by atoms with Crippen LogP contribution in [0.4, 0.5) is 0 Å². The molecule has 2 rings (SSSR count). The van der Waals surface area contributed by atoms with Crippen molar-refractivity contribution < 1.29 is 0 Å². The van der Waals surface area contributed by atoms with Crippen molar-refractivity contribution in [2.75, 3.05) is 26.2 Å². The molecule has 1 aliphatic rings. The molecule has 1 saturated carbocycles. The van der Waals surface area contributed by atoms with Crippen LogP contribution in [0.5, 0.6) is 0 Å². The van der Waals surface area contributed by atoms with Gasteiger partial charge in [-0.15, -0.1) is 0 Å². The van der Waals surface area contributed by atoms with Crippen molar-refractivity contribution in [3.8, 4) is 0 Å². The highest BCUT2D eigenvalue weighted by Gasteiger charge is 2.17. The Morgan fingerprint density at radius 2 is 2.05 bits per heavy atom. The van der Waals surface area contributed by atoms with Crippen molar-refractivity contribution in [1.82, 2.24) is 20.0 Å². The van der Waals surface area contributed by atoms with Gasteiger partial charge in [0.15, 0.2) is 0 Å². The third-order valence-electron chi connectivity index (χ3n) is 4.39. The third-order valence-corrected chi connectivity index (χ3v) is 4.39. The lowest BCUT2D eigenvalue weighted by atomic mass is 10.3. The SMILES string of the molecule is CCN(CC)CCCNCc1ccn(C2CCCC2)n1. The van der Waals surface area contributed by atoms with E-state index in [-0.39, 0.29) is 0 Å². The van der Waals surface area contributed by atoms with Crippen molar-refractivity contribution >= 4 is 0 Å². The van der Waals surface area contributed by atoms with Crippen LogP contribution in [0, 0.1) is 0 Å². The van der Waals surface area contributed by atoms with Crippen LogP contribution in [0.25, 0.3) is 0 Å². The maximum absolute atomic E-state index is 4.70. The van der Waals surface area contributed by atoms with Crippen LogP contribution < -0.4 is 5.32 Å². The third kappa shape index (κ3) is 4.60. The molecule has 1 fully saturated rings. The zero-order chi connectivity index (χ0) is 14.2. The van der Waals surface area contributed by atoms with Gasteiger partial charge in [-0.05, 0) is 51.5 Å². The van der Waals surface area contributed by atoms with Crippen LogP contribution in [0.15, 0.2) is 12.3 Å². The van der Waals surface area contributed by atoms with Crippen LogP contribution in [0.2, 0.25) is 0 Å². The number of aromatic nitrogens is 2. The topological polar surface area (TPSA) is 33.1 Å². The minimum absolute atomic E-state index is 0.659. The van der Waals surface area contributed by atoms with Crippen molar-refractivity contribution in [3.05, 3.63) is 18.0 Å². The number of hydrogen-bond donors (Lipinski definition) is 1. The normalized spacial score (nSPS) is 16.4. The molecule has 1 heterocycles. The Labute approximate surface area is 123 Å². The molecule has 114 valence electrons. The molecule has 1 aromatic rings. The van der Waals surface area contributed by atoms with Gasteiger partial charge in [0, 0.05) is 12.7 Å². The predicted octanol–water partition coefficient (Wildman–Crippen LogP) is 2.82. The van der Waals surface area contributed by atoms with Crippen molar-refractivity contribution in [2.24, 2.45) is 0 Å². The Hall–Kier alpha value is -0.870. The quantitative estimate of drug-likeness (QED) is 0.705. The van der Waals surface area contributed by atoms with Crippen LogP contribution in [-0.4, -0.2) is 40.9 Å². The van der Waals surface area contributed by atoms with Gasteiger partial charge in [0.2, 0.25) is 0 Å². The summed E-state index contributed by atoms with van der Waals surface area (Å²) in [5, 5.41) is 8.21. The second-order valence-electron chi connectivity index (χ2n) is 5.78. The van der Waals surface area contributed by atoms with Gasteiger partial charge >= 0.3 is 0 Å². The Balaban J connectivity index is 1.62. The molecule has 0 amide bonds. The van der Waals surface area contributed by atoms with E-state index >= 15 is 0 Å². The number of nitrogens with one attached hydrogen (secondary N) is 1. The lowest BCUT2D eigenvalue weighted by Crippen LogP contribution is -2.27. The van der Waals surface area contributed by atoms with Crippen LogP contribution in [0.3, 0.4) is 0 Å². The summed E-state index contributed by atoms with van der Waals surface area (Å²) >= 11 is 0. The Morgan fingerprint density at radius 3 is 2.75 bits per heavy atom. The van der Waals surface area contributed by atoms with Gasteiger partial charge in [-0.25, -0.2) is 0 Å². The Morgan fingerprint density at radius 1 is 1.30 bits per heavy atom. The largest absolute Gasteiger partial charge is 0.311 e. The zero-order valence-corrected chi connectivity index (χ0v) is 13.1. The van der Waals surface area contributed by atoms with Gasteiger partial charge in [-0.1, -0.05) is 26.7 Å². The van der Waals surface area contributed by atoms with Gasteiger partial charge < -0.3 is 10.2 Å². The predicted molar refractivity (Wildman–Crippen MR) is 83.8 cm³/mol. The van der Waals surface area contributed by atoms with E-state index in [2.05, 4.69) is 41.0 Å². The van der Waals surface area contributed by atoms with Gasteiger partial charge in [-0.2, -0.15) is 5.10 Å². The summed E-state index contributed by atoms with van der Waals surface area (Å²) < 4.78 is 2.18. The molecule has 0 aliphatic heterocycles. The fraction of sp³-hybridized carbons (Fsp3) is 0.812. The van der Waals surface area contributed by atoms with Gasteiger partial charge in [0.05, 0.1) is 11.7 Å². The second-order valence-corrected chi connectivity index (χ2v) is 5.78. The highest BCUT2D eigenvalue weighted by Crippen LogP contribution is 2.28. The molecule has 0 atom stereocenters. The zero-order valence-electron chi connectivity index (χ0n) is 13.1. The monoisotopic (exact) mass is 278 g/mol. The van der Waals surface area contributed by atoms with E-state index in [1.807, 2.05) is 0 Å². The van der Waals surface area contributed by atoms with Gasteiger partial charge in [0.25, 0.3) is 0 Å². The van der Waals surface area contributed by atoms with Crippen LogP contribution in [-0.2, 0) is 6.54 Å². The summed E-state index contributed by atoms with van der Waals surface area (Å²) in [6, 6.07) is 2.82. The molecule has 4 heteroatoms. The molecule has 0 bridgehead atoms. The Bertz CT molecular complexity index is 364. The average molecular weight is 278 g/mol. The second kappa shape index (κ2) is 8.42. The van der Waals surface area contributed by atoms with E-state index in [0.717, 1.165) is 26.2 Å². The summed E-state index contributed by atoms with van der Waals surface area (Å²) in [4.78, 5) is 2.47. The first-order chi connectivity index (χ1) is 9.83. The fourth-order valence-electron chi connectivity index (χ4n) is 3.03. The van der Waals surface area contributed by atoms with Gasteiger partial charge in [0.1, 0.15) is 0 Å². The molecule has 0 spiro atoms. The molecule has 20 heavy (non-hydrogen) atoms. The van der Waals surface area contributed by atoms with E-state index in [9.17, 15) is 0 Å². The van der Waals surface area contributed by atoms with Crippen molar-refractivity contribution in [3.63, 3.8) is 0 Å².